The molecule has 0 aliphatic carbocycles. The van der Waals surface area contributed by atoms with E-state index in [-0.39, 0.29) is 0 Å². The zero-order valence-corrected chi connectivity index (χ0v) is 32.4. The first-order valence-corrected chi connectivity index (χ1v) is 20.3. The molecule has 12 rings (SSSR count). The fourth-order valence-corrected chi connectivity index (χ4v) is 9.00. The Balaban J connectivity index is 1.01. The van der Waals surface area contributed by atoms with E-state index in [2.05, 4.69) is 215 Å². The van der Waals surface area contributed by atoms with E-state index in [9.17, 15) is 0 Å². The monoisotopic (exact) mass is 765 g/mol. The summed E-state index contributed by atoms with van der Waals surface area (Å²) in [6, 6.07) is 74.7. The summed E-state index contributed by atoms with van der Waals surface area (Å²) in [5.74, 6) is 0.671. The summed E-state index contributed by atoms with van der Waals surface area (Å²) in [7, 11) is 0. The minimum atomic E-state index is 0.671. The number of aromatic nitrogens is 5. The summed E-state index contributed by atoms with van der Waals surface area (Å²) < 4.78 is 4.72. The second kappa shape index (κ2) is 13.8. The van der Waals surface area contributed by atoms with Gasteiger partial charge in [-0.15, -0.1) is 0 Å². The molecule has 8 aromatic carbocycles. The summed E-state index contributed by atoms with van der Waals surface area (Å²) >= 11 is 0. The summed E-state index contributed by atoms with van der Waals surface area (Å²) in [5, 5.41) is 5.89. The van der Waals surface area contributed by atoms with Crippen LogP contribution < -0.4 is 0 Å². The second-order valence-corrected chi connectivity index (χ2v) is 15.2. The highest BCUT2D eigenvalue weighted by Gasteiger charge is 2.21. The van der Waals surface area contributed by atoms with Gasteiger partial charge in [0.25, 0.3) is 0 Å². The first-order chi connectivity index (χ1) is 29.8. The van der Waals surface area contributed by atoms with Gasteiger partial charge < -0.3 is 9.13 Å². The molecule has 0 saturated heterocycles. The average molecular weight is 766 g/mol. The van der Waals surface area contributed by atoms with Gasteiger partial charge in [-0.05, 0) is 54.6 Å². The van der Waals surface area contributed by atoms with Gasteiger partial charge in [0.1, 0.15) is 0 Å². The number of benzene rings is 8. The standard InChI is InChI=1S/C55H35N5/c1-3-16-36(17-4-1)47-35-48(58-55(57-47)39-18-15-21-41(34-39)59-49-27-12-8-22-42(49)43-23-9-13-28-50(43)59)37-30-32-38(33-31-37)53-52-45-25-10-14-29-51(45)60(40-19-5-2-6-20-40)54(52)44-24-7-11-26-46(44)56-53/h1-35H. The summed E-state index contributed by atoms with van der Waals surface area (Å²) in [4.78, 5) is 15.8. The number of rotatable bonds is 6. The van der Waals surface area contributed by atoms with Crippen LogP contribution in [0.4, 0.5) is 0 Å². The fourth-order valence-electron chi connectivity index (χ4n) is 9.00. The van der Waals surface area contributed by atoms with E-state index in [1.54, 1.807) is 0 Å². The average Bonchev–Trinajstić information content (AvgIpc) is 3.86. The number of hydrogen-bond acceptors (Lipinski definition) is 3. The topological polar surface area (TPSA) is 48.5 Å². The van der Waals surface area contributed by atoms with Crippen LogP contribution in [0.1, 0.15) is 0 Å². The maximum absolute atomic E-state index is 5.37. The Morgan fingerprint density at radius 1 is 0.317 bits per heavy atom. The van der Waals surface area contributed by atoms with Crippen molar-refractivity contribution < 1.29 is 0 Å². The first-order valence-electron chi connectivity index (χ1n) is 20.3. The quantitative estimate of drug-likeness (QED) is 0.169. The Hall–Kier alpha value is -8.15. The Labute approximate surface area is 346 Å². The molecule has 12 aromatic rings. The minimum Gasteiger partial charge on any atom is -0.309 e. The van der Waals surface area contributed by atoms with Gasteiger partial charge >= 0.3 is 0 Å². The summed E-state index contributed by atoms with van der Waals surface area (Å²) in [6.07, 6.45) is 0. The molecule has 0 saturated carbocycles. The van der Waals surface area contributed by atoms with Crippen molar-refractivity contribution in [2.75, 3.05) is 0 Å². The van der Waals surface area contributed by atoms with Gasteiger partial charge in [-0.2, -0.15) is 0 Å². The Bertz CT molecular complexity index is 3530. The highest BCUT2D eigenvalue weighted by molar-refractivity contribution is 6.22. The Morgan fingerprint density at radius 3 is 1.50 bits per heavy atom. The van der Waals surface area contributed by atoms with Crippen LogP contribution in [0.15, 0.2) is 212 Å². The normalized spacial score (nSPS) is 11.7. The largest absolute Gasteiger partial charge is 0.309 e. The lowest BCUT2D eigenvalue weighted by molar-refractivity contribution is 1.16. The molecule has 4 aromatic heterocycles. The SMILES string of the molecule is c1ccc(-c2cc(-c3ccc(-c4nc5ccccc5c5c4c4ccccc4n5-c4ccccc4)cc3)nc(-c3cccc(-n4c5ccccc5c5ccccc54)c3)n2)cc1. The Morgan fingerprint density at radius 2 is 0.817 bits per heavy atom. The molecule has 0 radical (unpaired) electrons. The lowest BCUT2D eigenvalue weighted by Gasteiger charge is -2.13. The van der Waals surface area contributed by atoms with Crippen LogP contribution in [0.3, 0.4) is 0 Å². The van der Waals surface area contributed by atoms with Crippen LogP contribution in [0, 0.1) is 0 Å². The van der Waals surface area contributed by atoms with E-state index in [1.165, 1.54) is 27.2 Å². The van der Waals surface area contributed by atoms with Crippen molar-refractivity contribution in [3.05, 3.63) is 212 Å². The third-order valence-corrected chi connectivity index (χ3v) is 11.7. The van der Waals surface area contributed by atoms with Crippen molar-refractivity contribution in [2.45, 2.75) is 0 Å². The van der Waals surface area contributed by atoms with E-state index < -0.39 is 0 Å². The highest BCUT2D eigenvalue weighted by atomic mass is 15.0. The first kappa shape index (κ1) is 33.9. The third kappa shape index (κ3) is 5.44. The van der Waals surface area contributed by atoms with Gasteiger partial charge in [0.2, 0.25) is 0 Å². The lowest BCUT2D eigenvalue weighted by Crippen LogP contribution is -1.98. The van der Waals surface area contributed by atoms with Crippen molar-refractivity contribution in [2.24, 2.45) is 0 Å². The molecule has 5 nitrogen and oxygen atoms in total. The number of hydrogen-bond donors (Lipinski definition) is 0. The maximum Gasteiger partial charge on any atom is 0.160 e. The molecule has 0 fully saturated rings. The van der Waals surface area contributed by atoms with E-state index in [1.807, 2.05) is 6.07 Å². The molecule has 0 spiro atoms. The Kier molecular flexibility index (Phi) is 7.78. The summed E-state index contributed by atoms with van der Waals surface area (Å²) in [6.45, 7) is 0. The molecule has 60 heavy (non-hydrogen) atoms. The third-order valence-electron chi connectivity index (χ3n) is 11.7. The van der Waals surface area contributed by atoms with E-state index in [0.717, 1.165) is 78.0 Å². The molecule has 4 heterocycles. The fraction of sp³-hybridized carbons (Fsp3) is 0. The molecule has 0 aliphatic heterocycles. The number of fused-ring (bicyclic) bond motifs is 8. The van der Waals surface area contributed by atoms with Crippen LogP contribution in [0.25, 0.3) is 111 Å². The van der Waals surface area contributed by atoms with Crippen molar-refractivity contribution in [1.29, 1.82) is 0 Å². The van der Waals surface area contributed by atoms with Gasteiger partial charge in [0.15, 0.2) is 5.82 Å². The molecule has 5 heteroatoms. The number of para-hydroxylation sites is 5. The lowest BCUT2D eigenvalue weighted by atomic mass is 10.00. The van der Waals surface area contributed by atoms with Crippen LogP contribution in [-0.2, 0) is 0 Å². The number of pyridine rings is 1. The van der Waals surface area contributed by atoms with E-state index in [0.29, 0.717) is 5.82 Å². The zero-order chi connectivity index (χ0) is 39.6. The van der Waals surface area contributed by atoms with Crippen molar-refractivity contribution in [3.8, 4) is 56.5 Å². The zero-order valence-electron chi connectivity index (χ0n) is 32.4. The van der Waals surface area contributed by atoms with Gasteiger partial charge in [0.05, 0.1) is 44.7 Å². The van der Waals surface area contributed by atoms with Gasteiger partial charge in [-0.3, -0.25) is 0 Å². The molecule has 0 atom stereocenters. The van der Waals surface area contributed by atoms with E-state index >= 15 is 0 Å². The van der Waals surface area contributed by atoms with Crippen LogP contribution in [0.2, 0.25) is 0 Å². The number of nitrogens with zero attached hydrogens (tertiary/aromatic N) is 5. The molecule has 0 aliphatic rings. The molecular weight excluding hydrogens is 731 g/mol. The smallest absolute Gasteiger partial charge is 0.160 e. The van der Waals surface area contributed by atoms with Crippen molar-refractivity contribution in [1.82, 2.24) is 24.1 Å². The summed E-state index contributed by atoms with van der Waals surface area (Å²) in [5.41, 5.74) is 14.5. The molecule has 0 unspecified atom stereocenters. The van der Waals surface area contributed by atoms with Crippen molar-refractivity contribution in [3.63, 3.8) is 0 Å². The van der Waals surface area contributed by atoms with Crippen LogP contribution in [-0.4, -0.2) is 24.1 Å². The van der Waals surface area contributed by atoms with Gasteiger partial charge in [0, 0.05) is 60.6 Å². The highest BCUT2D eigenvalue weighted by Crippen LogP contribution is 2.42. The van der Waals surface area contributed by atoms with Crippen molar-refractivity contribution >= 4 is 54.5 Å². The van der Waals surface area contributed by atoms with Crippen LogP contribution >= 0.6 is 0 Å². The minimum absolute atomic E-state index is 0.671. The molecule has 0 N–H and O–H groups in total. The van der Waals surface area contributed by atoms with Gasteiger partial charge in [-0.25, -0.2) is 15.0 Å². The predicted molar refractivity (Wildman–Crippen MR) is 248 cm³/mol. The molecular formula is C55H35N5. The predicted octanol–water partition coefficient (Wildman–Crippen LogP) is 13.9. The second-order valence-electron chi connectivity index (χ2n) is 15.2. The molecule has 0 amide bonds. The molecule has 0 bridgehead atoms. The van der Waals surface area contributed by atoms with Gasteiger partial charge in [-0.1, -0.05) is 158 Å². The maximum atomic E-state index is 5.37. The van der Waals surface area contributed by atoms with E-state index in [4.69, 9.17) is 15.0 Å². The van der Waals surface area contributed by atoms with Crippen LogP contribution in [0.5, 0.6) is 0 Å². The molecule has 280 valence electrons.